The molecule has 1 N–H and O–H groups in total. The monoisotopic (exact) mass is 345 g/mol. The predicted molar refractivity (Wildman–Crippen MR) is 87.1 cm³/mol. The van der Waals surface area contributed by atoms with Crippen LogP contribution < -0.4 is 4.72 Å². The second kappa shape index (κ2) is 5.94. The summed E-state index contributed by atoms with van der Waals surface area (Å²) in [4.78, 5) is 0.171. The zero-order valence-corrected chi connectivity index (χ0v) is 14.8. The summed E-state index contributed by atoms with van der Waals surface area (Å²) in [5.41, 5.74) is 0.170. The number of hydrogen-bond donors (Lipinski definition) is 1. The number of benzene rings is 1. The highest BCUT2D eigenvalue weighted by Crippen LogP contribution is 2.26. The Kier molecular flexibility index (Phi) is 4.71. The van der Waals surface area contributed by atoms with Crippen molar-refractivity contribution in [2.45, 2.75) is 50.0 Å². The van der Waals surface area contributed by atoms with E-state index in [4.69, 9.17) is 0 Å². The highest BCUT2D eigenvalue weighted by molar-refractivity contribution is 7.92. The van der Waals surface area contributed by atoms with E-state index < -0.39 is 25.4 Å². The van der Waals surface area contributed by atoms with E-state index in [0.29, 0.717) is 12.3 Å². The maximum Gasteiger partial charge on any atom is 0.241 e. The number of rotatable bonds is 5. The molecule has 2 atom stereocenters. The predicted octanol–water partition coefficient (Wildman–Crippen LogP) is 2.06. The van der Waals surface area contributed by atoms with E-state index in [9.17, 15) is 16.8 Å². The van der Waals surface area contributed by atoms with Gasteiger partial charge in [0.05, 0.1) is 16.4 Å². The summed E-state index contributed by atoms with van der Waals surface area (Å²) in [5.74, 6) is 0.255. The van der Waals surface area contributed by atoms with E-state index in [2.05, 4.69) is 18.6 Å². The molecule has 2 unspecified atom stereocenters. The minimum absolute atomic E-state index is 0.0268. The van der Waals surface area contributed by atoms with Gasteiger partial charge in [0.2, 0.25) is 10.0 Å². The second-order valence-corrected chi connectivity index (χ2v) is 10.3. The van der Waals surface area contributed by atoms with Gasteiger partial charge in [-0.2, -0.15) is 0 Å². The maximum atomic E-state index is 12.4. The molecule has 22 heavy (non-hydrogen) atoms. The minimum Gasteiger partial charge on any atom is -0.229 e. The van der Waals surface area contributed by atoms with Crippen molar-refractivity contribution in [2.75, 3.05) is 11.5 Å². The molecule has 124 valence electrons. The molecular weight excluding hydrogens is 322 g/mol. The molecule has 7 heteroatoms. The molecule has 0 bridgehead atoms. The Labute approximate surface area is 133 Å². The molecule has 1 heterocycles. The van der Waals surface area contributed by atoms with E-state index in [-0.39, 0.29) is 16.4 Å². The molecule has 0 aromatic heterocycles. The third-order valence-corrected chi connectivity index (χ3v) is 7.81. The van der Waals surface area contributed by atoms with Crippen molar-refractivity contribution in [3.05, 3.63) is 29.8 Å². The number of sulfonamides is 1. The van der Waals surface area contributed by atoms with Crippen LogP contribution in [0, 0.1) is 0 Å². The highest BCUT2D eigenvalue weighted by Gasteiger charge is 2.41. The Hall–Kier alpha value is -0.920. The highest BCUT2D eigenvalue weighted by atomic mass is 32.2. The Balaban J connectivity index is 2.21. The van der Waals surface area contributed by atoms with Gasteiger partial charge in [-0.1, -0.05) is 26.0 Å². The summed E-state index contributed by atoms with van der Waals surface area (Å²) >= 11 is 0. The molecule has 5 nitrogen and oxygen atoms in total. The van der Waals surface area contributed by atoms with Gasteiger partial charge >= 0.3 is 0 Å². The van der Waals surface area contributed by atoms with Crippen molar-refractivity contribution in [3.63, 3.8) is 0 Å². The van der Waals surface area contributed by atoms with Gasteiger partial charge < -0.3 is 0 Å². The molecule has 0 radical (unpaired) electrons. The molecular formula is C15H23NO4S2. The Morgan fingerprint density at radius 1 is 1.27 bits per heavy atom. The minimum atomic E-state index is -3.72. The largest absolute Gasteiger partial charge is 0.241 e. The van der Waals surface area contributed by atoms with Crippen LogP contribution >= 0.6 is 0 Å². The van der Waals surface area contributed by atoms with Crippen molar-refractivity contribution >= 4 is 19.9 Å². The molecule has 0 amide bonds. The van der Waals surface area contributed by atoms with Crippen LogP contribution in [-0.2, 0) is 19.9 Å². The van der Waals surface area contributed by atoms with Gasteiger partial charge in [-0.05, 0) is 43.4 Å². The molecule has 1 aliphatic rings. The van der Waals surface area contributed by atoms with Crippen LogP contribution in [0.25, 0.3) is 0 Å². The van der Waals surface area contributed by atoms with Crippen molar-refractivity contribution in [1.82, 2.24) is 4.72 Å². The van der Waals surface area contributed by atoms with Crippen LogP contribution in [0.2, 0.25) is 0 Å². The van der Waals surface area contributed by atoms with Gasteiger partial charge in [-0.25, -0.2) is 21.6 Å². The molecule has 1 fully saturated rings. The number of sulfone groups is 1. The zero-order valence-electron chi connectivity index (χ0n) is 13.2. The summed E-state index contributed by atoms with van der Waals surface area (Å²) in [7, 11) is -6.87. The normalized spacial score (nSPS) is 26.0. The molecule has 1 saturated heterocycles. The third kappa shape index (κ3) is 3.88. The first-order chi connectivity index (χ1) is 10.1. The van der Waals surface area contributed by atoms with Gasteiger partial charge in [-0.15, -0.1) is 0 Å². The van der Waals surface area contributed by atoms with Crippen molar-refractivity contribution in [2.24, 2.45) is 0 Å². The molecule has 1 aliphatic heterocycles. The average molecular weight is 345 g/mol. The van der Waals surface area contributed by atoms with E-state index in [1.165, 1.54) is 0 Å². The van der Waals surface area contributed by atoms with Crippen LogP contribution in [-0.4, -0.2) is 33.9 Å². The van der Waals surface area contributed by atoms with Crippen LogP contribution in [0.1, 0.15) is 45.1 Å². The standard InChI is InChI=1S/C15H23NO4S2/c1-4-12(2)13-5-7-14(8-6-13)22(19,20)16-15(3)9-10-21(17,18)11-15/h5-8,12,16H,4,9-11H2,1-3H3. The topological polar surface area (TPSA) is 80.3 Å². The summed E-state index contributed by atoms with van der Waals surface area (Å²) in [6, 6.07) is 6.79. The molecule has 1 aromatic carbocycles. The number of nitrogens with one attached hydrogen (secondary N) is 1. The van der Waals surface area contributed by atoms with Crippen LogP contribution in [0.3, 0.4) is 0 Å². The summed E-state index contributed by atoms with van der Waals surface area (Å²) in [6.07, 6.45) is 1.29. The van der Waals surface area contributed by atoms with E-state index in [1.807, 2.05) is 12.1 Å². The third-order valence-electron chi connectivity index (χ3n) is 4.26. The lowest BCUT2D eigenvalue weighted by molar-refractivity contribution is 0.462. The lowest BCUT2D eigenvalue weighted by atomic mass is 9.99. The smallest absolute Gasteiger partial charge is 0.229 e. The van der Waals surface area contributed by atoms with E-state index >= 15 is 0 Å². The van der Waals surface area contributed by atoms with Crippen molar-refractivity contribution in [3.8, 4) is 0 Å². The van der Waals surface area contributed by atoms with E-state index in [0.717, 1.165) is 12.0 Å². The first-order valence-electron chi connectivity index (χ1n) is 7.41. The molecule has 1 aromatic rings. The Morgan fingerprint density at radius 3 is 2.32 bits per heavy atom. The fraction of sp³-hybridized carbons (Fsp3) is 0.600. The Morgan fingerprint density at radius 2 is 1.86 bits per heavy atom. The summed E-state index contributed by atoms with van der Waals surface area (Å²) < 4.78 is 50.6. The lowest BCUT2D eigenvalue weighted by Gasteiger charge is -2.23. The first kappa shape index (κ1) is 17.4. The van der Waals surface area contributed by atoms with Gasteiger partial charge in [0.25, 0.3) is 0 Å². The second-order valence-electron chi connectivity index (χ2n) is 6.39. The van der Waals surface area contributed by atoms with Gasteiger partial charge in [0.1, 0.15) is 0 Å². The fourth-order valence-electron chi connectivity index (χ4n) is 2.69. The average Bonchev–Trinajstić information content (AvgIpc) is 2.70. The summed E-state index contributed by atoms with van der Waals surface area (Å²) in [5, 5.41) is 0. The van der Waals surface area contributed by atoms with Gasteiger partial charge in [0, 0.05) is 5.54 Å². The summed E-state index contributed by atoms with van der Waals surface area (Å²) in [6.45, 7) is 5.81. The van der Waals surface area contributed by atoms with Crippen LogP contribution in [0.15, 0.2) is 29.2 Å². The molecule has 2 rings (SSSR count). The van der Waals surface area contributed by atoms with Crippen LogP contribution in [0.5, 0.6) is 0 Å². The van der Waals surface area contributed by atoms with Crippen LogP contribution in [0.4, 0.5) is 0 Å². The van der Waals surface area contributed by atoms with Gasteiger partial charge in [0.15, 0.2) is 9.84 Å². The van der Waals surface area contributed by atoms with E-state index in [1.54, 1.807) is 19.1 Å². The lowest BCUT2D eigenvalue weighted by Crippen LogP contribution is -2.46. The molecule has 0 spiro atoms. The fourth-order valence-corrected chi connectivity index (χ4v) is 6.31. The Bertz CT molecular complexity index is 738. The zero-order chi connectivity index (χ0) is 16.6. The maximum absolute atomic E-state index is 12.4. The quantitative estimate of drug-likeness (QED) is 0.886. The van der Waals surface area contributed by atoms with Crippen molar-refractivity contribution < 1.29 is 16.8 Å². The number of hydrogen-bond acceptors (Lipinski definition) is 4. The first-order valence-corrected chi connectivity index (χ1v) is 10.7. The van der Waals surface area contributed by atoms with Gasteiger partial charge in [-0.3, -0.25) is 0 Å². The molecule has 0 saturated carbocycles. The SMILES string of the molecule is CCC(C)c1ccc(S(=O)(=O)NC2(C)CCS(=O)(=O)C2)cc1. The van der Waals surface area contributed by atoms with Crippen molar-refractivity contribution in [1.29, 1.82) is 0 Å². The molecule has 0 aliphatic carbocycles.